The van der Waals surface area contributed by atoms with E-state index in [1.54, 1.807) is 11.9 Å². The van der Waals surface area contributed by atoms with Crippen LogP contribution in [0.15, 0.2) is 54.6 Å². The number of hydrogen-bond acceptors (Lipinski definition) is 2. The molecule has 0 fully saturated rings. The second-order valence-corrected chi connectivity index (χ2v) is 5.89. The van der Waals surface area contributed by atoms with Crippen LogP contribution < -0.4 is 5.73 Å². The Labute approximate surface area is 148 Å². The third kappa shape index (κ3) is 5.24. The zero-order valence-corrected chi connectivity index (χ0v) is 14.8. The summed E-state index contributed by atoms with van der Waals surface area (Å²) in [5, 5.41) is 0.672. The molecule has 0 aromatic heterocycles. The van der Waals surface area contributed by atoms with Gasteiger partial charge in [-0.25, -0.2) is 0 Å². The molecular formula is C18H22Cl2N2O. The predicted octanol–water partition coefficient (Wildman–Crippen LogP) is 4.37. The van der Waals surface area contributed by atoms with Crippen LogP contribution >= 0.6 is 24.0 Å². The molecule has 3 nitrogen and oxygen atoms in total. The van der Waals surface area contributed by atoms with E-state index in [0.717, 1.165) is 11.1 Å². The van der Waals surface area contributed by atoms with Crippen molar-refractivity contribution >= 4 is 29.9 Å². The number of nitrogens with two attached hydrogens (primary N) is 1. The molecule has 0 saturated heterocycles. The van der Waals surface area contributed by atoms with Crippen LogP contribution in [0.5, 0.6) is 0 Å². The molecule has 2 rings (SSSR count). The van der Waals surface area contributed by atoms with Crippen molar-refractivity contribution < 1.29 is 4.79 Å². The lowest BCUT2D eigenvalue weighted by atomic mass is 10.0. The fraction of sp³-hybridized carbons (Fsp3) is 0.278. The largest absolute Gasteiger partial charge is 0.339 e. The van der Waals surface area contributed by atoms with E-state index in [4.69, 9.17) is 17.3 Å². The molecule has 0 aliphatic carbocycles. The molecule has 2 aromatic carbocycles. The lowest BCUT2D eigenvalue weighted by Crippen LogP contribution is -2.32. The Morgan fingerprint density at radius 3 is 2.35 bits per heavy atom. The maximum Gasteiger partial charge on any atom is 0.224 e. The van der Waals surface area contributed by atoms with Gasteiger partial charge in [0.15, 0.2) is 0 Å². The summed E-state index contributed by atoms with van der Waals surface area (Å²) in [4.78, 5) is 14.2. The third-order valence-corrected chi connectivity index (χ3v) is 4.16. The predicted molar refractivity (Wildman–Crippen MR) is 97.9 cm³/mol. The van der Waals surface area contributed by atoms with Crippen molar-refractivity contribution in [3.63, 3.8) is 0 Å². The van der Waals surface area contributed by atoms with E-state index in [1.165, 1.54) is 0 Å². The van der Waals surface area contributed by atoms with Gasteiger partial charge in [-0.1, -0.05) is 54.1 Å². The molecule has 0 bridgehead atoms. The van der Waals surface area contributed by atoms with Gasteiger partial charge in [0.25, 0.3) is 0 Å². The van der Waals surface area contributed by atoms with E-state index in [2.05, 4.69) is 0 Å². The van der Waals surface area contributed by atoms with Crippen molar-refractivity contribution in [3.05, 3.63) is 70.7 Å². The topological polar surface area (TPSA) is 46.3 Å². The van der Waals surface area contributed by atoms with E-state index in [-0.39, 0.29) is 36.8 Å². The van der Waals surface area contributed by atoms with Gasteiger partial charge in [-0.2, -0.15) is 0 Å². The lowest BCUT2D eigenvalue weighted by molar-refractivity contribution is -0.132. The Bertz CT molecular complexity index is 634. The number of nitrogens with zero attached hydrogens (tertiary/aromatic N) is 1. The van der Waals surface area contributed by atoms with Crippen molar-refractivity contribution in [1.82, 2.24) is 4.90 Å². The summed E-state index contributed by atoms with van der Waals surface area (Å²) in [5.74, 6) is 0.0174. The first-order valence-electron chi connectivity index (χ1n) is 7.30. The highest BCUT2D eigenvalue weighted by molar-refractivity contribution is 6.30. The van der Waals surface area contributed by atoms with Crippen LogP contribution in [0.2, 0.25) is 5.02 Å². The van der Waals surface area contributed by atoms with Crippen LogP contribution in [-0.4, -0.2) is 17.9 Å². The maximum absolute atomic E-state index is 12.4. The van der Waals surface area contributed by atoms with Gasteiger partial charge in [0.05, 0.1) is 6.04 Å². The highest BCUT2D eigenvalue weighted by atomic mass is 35.5. The lowest BCUT2D eigenvalue weighted by Gasteiger charge is -2.27. The van der Waals surface area contributed by atoms with Gasteiger partial charge in [0, 0.05) is 24.5 Å². The molecule has 124 valence electrons. The summed E-state index contributed by atoms with van der Waals surface area (Å²) in [7, 11) is 1.80. The van der Waals surface area contributed by atoms with Gasteiger partial charge < -0.3 is 10.6 Å². The van der Waals surface area contributed by atoms with E-state index < -0.39 is 0 Å². The van der Waals surface area contributed by atoms with Gasteiger partial charge in [-0.3, -0.25) is 4.79 Å². The minimum absolute atomic E-state index is 0. The Morgan fingerprint density at radius 2 is 1.74 bits per heavy atom. The van der Waals surface area contributed by atoms with Crippen LogP contribution in [0.4, 0.5) is 0 Å². The molecule has 2 atom stereocenters. The minimum Gasteiger partial charge on any atom is -0.339 e. The second kappa shape index (κ2) is 8.92. The number of carbonyl (C=O) groups is 1. The number of rotatable bonds is 5. The zero-order chi connectivity index (χ0) is 16.1. The molecule has 0 aliphatic rings. The van der Waals surface area contributed by atoms with Gasteiger partial charge in [0.2, 0.25) is 5.91 Å². The number of amides is 1. The first-order chi connectivity index (χ1) is 10.5. The molecule has 0 heterocycles. The molecule has 0 spiro atoms. The van der Waals surface area contributed by atoms with Crippen LogP contribution in [0.25, 0.3) is 0 Å². The molecule has 23 heavy (non-hydrogen) atoms. The molecule has 1 amide bonds. The van der Waals surface area contributed by atoms with E-state index >= 15 is 0 Å². The highest BCUT2D eigenvalue weighted by Crippen LogP contribution is 2.24. The molecule has 0 saturated carbocycles. The van der Waals surface area contributed by atoms with E-state index in [9.17, 15) is 4.79 Å². The average molecular weight is 353 g/mol. The van der Waals surface area contributed by atoms with Crippen LogP contribution in [-0.2, 0) is 4.79 Å². The minimum atomic E-state index is -0.289. The smallest absolute Gasteiger partial charge is 0.224 e. The standard InChI is InChI=1S/C18H21ClN2O.ClH/c1-13(15-9-6-10-16(19)11-15)21(2)18(22)12-17(20)14-7-4-3-5-8-14;/h3-11,13,17H,12,20H2,1-2H3;1H. The fourth-order valence-electron chi connectivity index (χ4n) is 2.36. The monoisotopic (exact) mass is 352 g/mol. The number of benzene rings is 2. The van der Waals surface area contributed by atoms with Crippen molar-refractivity contribution in [2.24, 2.45) is 5.73 Å². The third-order valence-electron chi connectivity index (χ3n) is 3.93. The van der Waals surface area contributed by atoms with E-state index in [0.29, 0.717) is 5.02 Å². The van der Waals surface area contributed by atoms with Crippen LogP contribution in [0.3, 0.4) is 0 Å². The first-order valence-corrected chi connectivity index (χ1v) is 7.68. The van der Waals surface area contributed by atoms with Gasteiger partial charge in [0.1, 0.15) is 0 Å². The van der Waals surface area contributed by atoms with Gasteiger partial charge in [-0.15, -0.1) is 12.4 Å². The van der Waals surface area contributed by atoms with Crippen LogP contribution in [0, 0.1) is 0 Å². The fourth-order valence-corrected chi connectivity index (χ4v) is 2.55. The molecule has 2 unspecified atom stereocenters. The summed E-state index contributed by atoms with van der Waals surface area (Å²) >= 11 is 6.01. The summed E-state index contributed by atoms with van der Waals surface area (Å²) in [6.45, 7) is 1.98. The van der Waals surface area contributed by atoms with Gasteiger partial charge in [-0.05, 0) is 30.2 Å². The van der Waals surface area contributed by atoms with Crippen molar-refractivity contribution in [1.29, 1.82) is 0 Å². The van der Waals surface area contributed by atoms with Crippen molar-refractivity contribution in [3.8, 4) is 0 Å². The number of hydrogen-bond donors (Lipinski definition) is 1. The normalized spacial score (nSPS) is 12.9. The molecule has 5 heteroatoms. The second-order valence-electron chi connectivity index (χ2n) is 5.46. The summed E-state index contributed by atoms with van der Waals surface area (Å²) in [6.07, 6.45) is 0.283. The van der Waals surface area contributed by atoms with Crippen LogP contribution in [0.1, 0.15) is 36.6 Å². The highest BCUT2D eigenvalue weighted by Gasteiger charge is 2.20. The maximum atomic E-state index is 12.4. The van der Waals surface area contributed by atoms with E-state index in [1.807, 2.05) is 61.5 Å². The summed E-state index contributed by atoms with van der Waals surface area (Å²) in [6, 6.07) is 16.9. The van der Waals surface area contributed by atoms with Crippen molar-refractivity contribution in [2.75, 3.05) is 7.05 Å². The molecular weight excluding hydrogens is 331 g/mol. The summed E-state index contributed by atoms with van der Waals surface area (Å²) < 4.78 is 0. The molecule has 2 N–H and O–H groups in total. The Kier molecular flexibility index (Phi) is 7.56. The summed E-state index contributed by atoms with van der Waals surface area (Å²) in [5.41, 5.74) is 8.11. The molecule has 0 radical (unpaired) electrons. The quantitative estimate of drug-likeness (QED) is 0.868. The van der Waals surface area contributed by atoms with Gasteiger partial charge >= 0.3 is 0 Å². The SMILES string of the molecule is CC(c1cccc(Cl)c1)N(C)C(=O)CC(N)c1ccccc1.Cl. The number of halogens is 2. The first kappa shape index (κ1) is 19.5. The molecule has 2 aromatic rings. The van der Waals surface area contributed by atoms with Crippen molar-refractivity contribution in [2.45, 2.75) is 25.4 Å². The average Bonchev–Trinajstić information content (AvgIpc) is 2.54. The molecule has 0 aliphatic heterocycles. The Balaban J connectivity index is 0.00000264. The zero-order valence-electron chi connectivity index (χ0n) is 13.3. The number of carbonyl (C=O) groups excluding carboxylic acids is 1. The Morgan fingerprint density at radius 1 is 1.13 bits per heavy atom. The Hall–Kier alpha value is -1.55.